The maximum atomic E-state index is 11.2. The van der Waals surface area contributed by atoms with Gasteiger partial charge in [-0.1, -0.05) is 27.5 Å². The second kappa shape index (κ2) is 4.44. The molecule has 1 aromatic heterocycles. The van der Waals surface area contributed by atoms with Crippen LogP contribution in [-0.2, 0) is 4.74 Å². The Kier molecular flexibility index (Phi) is 3.76. The Hall–Kier alpha value is -0.0600. The van der Waals surface area contributed by atoms with Gasteiger partial charge in [0.2, 0.25) is 0 Å². The molecule has 0 saturated heterocycles. The van der Waals surface area contributed by atoms with E-state index in [9.17, 15) is 4.79 Å². The topological polar surface area (TPSA) is 26.3 Å². The van der Waals surface area contributed by atoms with Crippen molar-refractivity contribution in [2.75, 3.05) is 7.11 Å². The summed E-state index contributed by atoms with van der Waals surface area (Å²) in [5, 5.41) is 2.34. The first-order chi connectivity index (χ1) is 6.07. The molecule has 72 valence electrons. The highest BCUT2D eigenvalue weighted by Crippen LogP contribution is 2.35. The Morgan fingerprint density at radius 3 is 2.77 bits per heavy atom. The number of thiophene rings is 1. The van der Waals surface area contributed by atoms with Gasteiger partial charge in [-0.05, 0) is 17.9 Å². The lowest BCUT2D eigenvalue weighted by Crippen LogP contribution is -1.98. The fourth-order valence-corrected chi connectivity index (χ4v) is 2.98. The highest BCUT2D eigenvalue weighted by Gasteiger charge is 2.18. The third kappa shape index (κ3) is 2.24. The van der Waals surface area contributed by atoms with E-state index in [-0.39, 0.29) is 10.8 Å². The van der Waals surface area contributed by atoms with Crippen LogP contribution >= 0.6 is 38.9 Å². The first kappa shape index (κ1) is 11.0. The first-order valence-electron chi connectivity index (χ1n) is 3.57. The van der Waals surface area contributed by atoms with Crippen molar-refractivity contribution in [1.29, 1.82) is 0 Å². The number of hydrogen-bond acceptors (Lipinski definition) is 3. The zero-order valence-corrected chi connectivity index (χ0v) is 10.3. The lowest BCUT2D eigenvalue weighted by molar-refractivity contribution is 0.0606. The second-order valence-corrected chi connectivity index (χ2v) is 5.07. The summed E-state index contributed by atoms with van der Waals surface area (Å²) in [4.78, 5) is 11.8. The molecule has 0 aliphatic heterocycles. The number of carbonyl (C=O) groups excluding carboxylic acids is 1. The predicted molar refractivity (Wildman–Crippen MR) is 58.0 cm³/mol. The molecule has 1 heterocycles. The maximum absolute atomic E-state index is 11.2. The van der Waals surface area contributed by atoms with Gasteiger partial charge < -0.3 is 4.74 Å². The van der Waals surface area contributed by atoms with Crippen molar-refractivity contribution in [3.05, 3.63) is 20.8 Å². The molecule has 2 nitrogen and oxygen atoms in total. The summed E-state index contributed by atoms with van der Waals surface area (Å²) in [5.74, 6) is -0.380. The molecule has 0 aliphatic carbocycles. The van der Waals surface area contributed by atoms with E-state index in [1.54, 1.807) is 0 Å². The van der Waals surface area contributed by atoms with E-state index in [4.69, 9.17) is 11.6 Å². The van der Waals surface area contributed by atoms with E-state index in [1.165, 1.54) is 18.4 Å². The van der Waals surface area contributed by atoms with E-state index >= 15 is 0 Å². The van der Waals surface area contributed by atoms with Crippen LogP contribution in [0.2, 0.25) is 5.02 Å². The van der Waals surface area contributed by atoms with E-state index in [0.29, 0.717) is 9.90 Å². The van der Waals surface area contributed by atoms with Crippen molar-refractivity contribution in [1.82, 2.24) is 0 Å². The fourth-order valence-electron chi connectivity index (χ4n) is 0.856. The van der Waals surface area contributed by atoms with Gasteiger partial charge in [0.05, 0.1) is 12.1 Å². The van der Waals surface area contributed by atoms with Crippen LogP contribution in [0, 0.1) is 0 Å². The molecular formula is C8H8BrClO2S. The van der Waals surface area contributed by atoms with Gasteiger partial charge in [-0.3, -0.25) is 0 Å². The Morgan fingerprint density at radius 1 is 1.77 bits per heavy atom. The lowest BCUT2D eigenvalue weighted by atomic mass is 10.2. The molecule has 0 fully saturated rings. The lowest BCUT2D eigenvalue weighted by Gasteiger charge is -2.00. The third-order valence-electron chi connectivity index (χ3n) is 1.56. The Morgan fingerprint density at radius 2 is 2.38 bits per heavy atom. The quantitative estimate of drug-likeness (QED) is 0.612. The molecule has 0 N–H and O–H groups in total. The number of esters is 1. The normalized spacial score (nSPS) is 12.6. The standard InChI is InChI=1S/C8H8BrClO2S/c1-4(9)5-3-13-7(6(5)10)8(11)12-2/h3-4H,1-2H3. The average Bonchev–Trinajstić information content (AvgIpc) is 2.46. The minimum Gasteiger partial charge on any atom is -0.465 e. The van der Waals surface area contributed by atoms with Gasteiger partial charge in [-0.2, -0.15) is 0 Å². The SMILES string of the molecule is COC(=O)c1scc(C(C)Br)c1Cl. The number of alkyl halides is 1. The van der Waals surface area contributed by atoms with Crippen molar-refractivity contribution in [2.45, 2.75) is 11.8 Å². The van der Waals surface area contributed by atoms with E-state index in [1.807, 2.05) is 12.3 Å². The molecule has 5 heteroatoms. The van der Waals surface area contributed by atoms with Crippen LogP contribution in [0.4, 0.5) is 0 Å². The van der Waals surface area contributed by atoms with Crippen LogP contribution in [0.15, 0.2) is 5.38 Å². The third-order valence-corrected chi connectivity index (χ3v) is 3.55. The van der Waals surface area contributed by atoms with Crippen LogP contribution in [0.3, 0.4) is 0 Å². The van der Waals surface area contributed by atoms with Gasteiger partial charge in [0.15, 0.2) is 0 Å². The van der Waals surface area contributed by atoms with Gasteiger partial charge in [0.25, 0.3) is 0 Å². The van der Waals surface area contributed by atoms with Gasteiger partial charge in [-0.25, -0.2) is 4.79 Å². The molecule has 0 bridgehead atoms. The zero-order valence-electron chi connectivity index (χ0n) is 7.14. The fraction of sp³-hybridized carbons (Fsp3) is 0.375. The van der Waals surface area contributed by atoms with Crippen molar-refractivity contribution >= 4 is 44.8 Å². The summed E-state index contributed by atoms with van der Waals surface area (Å²) >= 11 is 10.7. The summed E-state index contributed by atoms with van der Waals surface area (Å²) in [6, 6.07) is 0. The summed E-state index contributed by atoms with van der Waals surface area (Å²) < 4.78 is 4.58. The Balaban J connectivity index is 3.06. The number of methoxy groups -OCH3 is 1. The molecule has 13 heavy (non-hydrogen) atoms. The summed E-state index contributed by atoms with van der Waals surface area (Å²) in [5.41, 5.74) is 0.923. The molecule has 0 saturated carbocycles. The molecule has 0 aliphatic rings. The number of hydrogen-bond donors (Lipinski definition) is 0. The summed E-state index contributed by atoms with van der Waals surface area (Å²) in [6.07, 6.45) is 0. The molecule has 1 unspecified atom stereocenters. The van der Waals surface area contributed by atoms with E-state index in [2.05, 4.69) is 20.7 Å². The van der Waals surface area contributed by atoms with Gasteiger partial charge >= 0.3 is 5.97 Å². The monoisotopic (exact) mass is 282 g/mol. The van der Waals surface area contributed by atoms with Crippen molar-refractivity contribution in [2.24, 2.45) is 0 Å². The van der Waals surface area contributed by atoms with E-state index < -0.39 is 0 Å². The van der Waals surface area contributed by atoms with Crippen LogP contribution in [0.5, 0.6) is 0 Å². The molecule has 1 aromatic rings. The predicted octanol–water partition coefficient (Wildman–Crippen LogP) is 3.64. The van der Waals surface area contributed by atoms with Crippen LogP contribution < -0.4 is 0 Å². The van der Waals surface area contributed by atoms with Crippen LogP contribution in [0.1, 0.15) is 27.0 Å². The molecule has 0 radical (unpaired) electrons. The van der Waals surface area contributed by atoms with Gasteiger partial charge in [0, 0.05) is 4.83 Å². The summed E-state index contributed by atoms with van der Waals surface area (Å²) in [7, 11) is 1.34. The van der Waals surface area contributed by atoms with Crippen molar-refractivity contribution in [3.63, 3.8) is 0 Å². The minimum atomic E-state index is -0.380. The zero-order chi connectivity index (χ0) is 10.0. The van der Waals surface area contributed by atoms with Gasteiger partial charge in [-0.15, -0.1) is 11.3 Å². The smallest absolute Gasteiger partial charge is 0.349 e. The maximum Gasteiger partial charge on any atom is 0.349 e. The molecule has 0 spiro atoms. The van der Waals surface area contributed by atoms with Crippen molar-refractivity contribution in [3.8, 4) is 0 Å². The molecule has 0 amide bonds. The number of ether oxygens (including phenoxy) is 1. The van der Waals surface area contributed by atoms with E-state index in [0.717, 1.165) is 5.56 Å². The Labute approximate surface area is 94.0 Å². The molecule has 1 atom stereocenters. The summed E-state index contributed by atoms with van der Waals surface area (Å²) in [6.45, 7) is 1.95. The number of rotatable bonds is 2. The highest BCUT2D eigenvalue weighted by atomic mass is 79.9. The first-order valence-corrected chi connectivity index (χ1v) is 5.74. The molecule has 1 rings (SSSR count). The number of carbonyl (C=O) groups is 1. The minimum absolute atomic E-state index is 0.148. The second-order valence-electron chi connectivity index (χ2n) is 2.44. The molecule has 0 aromatic carbocycles. The highest BCUT2D eigenvalue weighted by molar-refractivity contribution is 9.09. The largest absolute Gasteiger partial charge is 0.465 e. The Bertz CT molecular complexity index is 322. The van der Waals surface area contributed by atoms with Gasteiger partial charge in [0.1, 0.15) is 4.88 Å². The van der Waals surface area contributed by atoms with Crippen LogP contribution in [-0.4, -0.2) is 13.1 Å². The van der Waals surface area contributed by atoms with Crippen LogP contribution in [0.25, 0.3) is 0 Å². The average molecular weight is 284 g/mol. The molecular weight excluding hydrogens is 276 g/mol. The van der Waals surface area contributed by atoms with Crippen molar-refractivity contribution < 1.29 is 9.53 Å². The number of halogens is 2.